The summed E-state index contributed by atoms with van der Waals surface area (Å²) in [4.78, 5) is 16.6. The third-order valence-corrected chi connectivity index (χ3v) is 8.45. The quantitative estimate of drug-likeness (QED) is 0.437. The van der Waals surface area contributed by atoms with E-state index in [0.717, 1.165) is 28.0 Å². The second-order valence-corrected chi connectivity index (χ2v) is 10.4. The van der Waals surface area contributed by atoms with Crippen molar-refractivity contribution >= 4 is 12.0 Å². The lowest BCUT2D eigenvalue weighted by Crippen LogP contribution is -2.61. The maximum Gasteiger partial charge on any atom is 0.308 e. The van der Waals surface area contributed by atoms with Crippen molar-refractivity contribution in [3.8, 4) is 34.8 Å². The number of carbonyl (C=O) groups is 1. The summed E-state index contributed by atoms with van der Waals surface area (Å²) in [6.45, 7) is 7.19. The zero-order valence-corrected chi connectivity index (χ0v) is 23.7. The molecule has 4 atom stereocenters. The average molecular weight is 534 g/mol. The van der Waals surface area contributed by atoms with Gasteiger partial charge in [-0.05, 0) is 50.9 Å². The Balaban J connectivity index is 1.89. The van der Waals surface area contributed by atoms with Gasteiger partial charge in [-0.15, -0.1) is 0 Å². The maximum absolute atomic E-state index is 12.2. The first-order chi connectivity index (χ1) is 18.6. The summed E-state index contributed by atoms with van der Waals surface area (Å²) >= 11 is 0. The monoisotopic (exact) mass is 533 g/mol. The molecule has 1 N–H and O–H groups in total. The number of nitriles is 1. The van der Waals surface area contributed by atoms with Gasteiger partial charge in [0.2, 0.25) is 0 Å². The number of methoxy groups -OCH3 is 3. The number of aryl methyl sites for hydroxylation is 1. The van der Waals surface area contributed by atoms with Crippen LogP contribution in [0.1, 0.15) is 65.7 Å². The van der Waals surface area contributed by atoms with Crippen LogP contribution in [0.5, 0.6) is 28.7 Å². The Labute approximate surface area is 229 Å². The number of benzene rings is 2. The standard InChI is InChI=1S/C30H35N3O6/c1-9-19-24-18(28(39-16(4)34)15(3)29(37-7)30(24)38-8)12-21-25-23-17(10-14(2)27(36-6)26(23)35)11-20(32(25)5)22(13-31)33(19)21/h10,12,19-20,22,25,35H,9,11H2,1-8H3/t19-,20-,22-,25-/m0/s1. The number of carbonyl (C=O) groups excluding carboxylic acids is 1. The lowest BCUT2D eigenvalue weighted by molar-refractivity contribution is -0.131. The van der Waals surface area contributed by atoms with Crippen molar-refractivity contribution < 1.29 is 28.8 Å². The number of fused-ring (bicyclic) bond motifs is 7. The molecular weight excluding hydrogens is 498 g/mol. The third-order valence-electron chi connectivity index (χ3n) is 8.45. The Kier molecular flexibility index (Phi) is 6.63. The molecule has 0 aliphatic carbocycles. The predicted octanol–water partition coefficient (Wildman–Crippen LogP) is 4.57. The second-order valence-electron chi connectivity index (χ2n) is 10.4. The third kappa shape index (κ3) is 3.65. The van der Waals surface area contributed by atoms with Gasteiger partial charge in [0.25, 0.3) is 0 Å². The first kappa shape index (κ1) is 26.7. The van der Waals surface area contributed by atoms with Crippen LogP contribution < -0.4 is 18.9 Å². The van der Waals surface area contributed by atoms with Gasteiger partial charge in [-0.1, -0.05) is 13.0 Å². The number of phenolic OH excluding ortho intramolecular Hbond substituents is 1. The Hall–Kier alpha value is -3.90. The van der Waals surface area contributed by atoms with Gasteiger partial charge in [0.15, 0.2) is 23.0 Å². The number of aromatic hydroxyl groups is 1. The summed E-state index contributed by atoms with van der Waals surface area (Å²) in [5, 5.41) is 22.0. The van der Waals surface area contributed by atoms with E-state index in [-0.39, 0.29) is 23.9 Å². The summed E-state index contributed by atoms with van der Waals surface area (Å²) in [7, 11) is 6.71. The fourth-order valence-corrected chi connectivity index (χ4v) is 6.94. The number of hydrogen-bond donors (Lipinski definition) is 1. The lowest BCUT2D eigenvalue weighted by atomic mass is 9.75. The average Bonchev–Trinajstić information content (AvgIpc) is 2.89. The predicted molar refractivity (Wildman–Crippen MR) is 145 cm³/mol. The van der Waals surface area contributed by atoms with E-state index in [1.54, 1.807) is 21.3 Å². The molecule has 39 heavy (non-hydrogen) atoms. The molecule has 3 aliphatic heterocycles. The number of hydrogen-bond acceptors (Lipinski definition) is 9. The topological polar surface area (TPSA) is 104 Å². The van der Waals surface area contributed by atoms with E-state index in [1.807, 2.05) is 27.0 Å². The molecule has 0 aromatic heterocycles. The number of phenols is 1. The van der Waals surface area contributed by atoms with E-state index in [1.165, 1.54) is 6.92 Å². The van der Waals surface area contributed by atoms with Crippen molar-refractivity contribution in [1.82, 2.24) is 9.80 Å². The fraction of sp³-hybridized carbons (Fsp3) is 0.467. The van der Waals surface area contributed by atoms with Gasteiger partial charge in [-0.2, -0.15) is 5.26 Å². The number of likely N-dealkylation sites (N-methyl/N-ethyl adjacent to an activating group) is 1. The van der Waals surface area contributed by atoms with Crippen LogP contribution in [0.4, 0.5) is 0 Å². The molecule has 5 rings (SSSR count). The molecule has 0 spiro atoms. The van der Waals surface area contributed by atoms with E-state index >= 15 is 0 Å². The Bertz CT molecular complexity index is 1440. The SMILES string of the molecule is CC[C@H]1c2c(c(OC(C)=O)c(C)c(OC)c2OC)C=C2[C@H]3c4c(cc(C)c(OC)c4O)C[C@@H]([C@H](C#N)N21)N3C. The molecule has 2 bridgehead atoms. The molecule has 9 heteroatoms. The van der Waals surface area contributed by atoms with Crippen LogP contribution in [-0.2, 0) is 11.2 Å². The van der Waals surface area contributed by atoms with Crippen LogP contribution >= 0.6 is 0 Å². The molecule has 0 amide bonds. The number of ether oxygens (including phenoxy) is 4. The van der Waals surface area contributed by atoms with Crippen molar-refractivity contribution in [3.63, 3.8) is 0 Å². The van der Waals surface area contributed by atoms with Crippen molar-refractivity contribution in [2.24, 2.45) is 0 Å². The molecule has 9 nitrogen and oxygen atoms in total. The Morgan fingerprint density at radius 3 is 2.33 bits per heavy atom. The number of piperazine rings is 1. The fourth-order valence-electron chi connectivity index (χ4n) is 6.94. The van der Waals surface area contributed by atoms with Crippen LogP contribution in [0.15, 0.2) is 11.8 Å². The first-order valence-electron chi connectivity index (χ1n) is 13.1. The van der Waals surface area contributed by atoms with E-state index in [4.69, 9.17) is 18.9 Å². The van der Waals surface area contributed by atoms with Gasteiger partial charge < -0.3 is 29.0 Å². The maximum atomic E-state index is 12.2. The molecular formula is C30H35N3O6. The highest BCUT2D eigenvalue weighted by Crippen LogP contribution is 2.58. The first-order valence-corrected chi connectivity index (χ1v) is 13.1. The number of esters is 1. The van der Waals surface area contributed by atoms with Crippen LogP contribution in [0.2, 0.25) is 0 Å². The Morgan fingerprint density at radius 2 is 1.77 bits per heavy atom. The van der Waals surface area contributed by atoms with Crippen LogP contribution in [0.3, 0.4) is 0 Å². The smallest absolute Gasteiger partial charge is 0.308 e. The molecule has 206 valence electrons. The summed E-state index contributed by atoms with van der Waals surface area (Å²) < 4.78 is 23.1. The minimum atomic E-state index is -0.470. The van der Waals surface area contributed by atoms with Crippen molar-refractivity contribution in [1.29, 1.82) is 5.26 Å². The van der Waals surface area contributed by atoms with Crippen LogP contribution in [-0.4, -0.2) is 61.3 Å². The van der Waals surface area contributed by atoms with Gasteiger partial charge in [0, 0.05) is 40.9 Å². The van der Waals surface area contributed by atoms with Crippen molar-refractivity contribution in [2.75, 3.05) is 28.4 Å². The lowest BCUT2D eigenvalue weighted by Gasteiger charge is -2.57. The zero-order valence-electron chi connectivity index (χ0n) is 23.7. The minimum absolute atomic E-state index is 0.112. The molecule has 2 aromatic rings. The van der Waals surface area contributed by atoms with E-state index in [0.29, 0.717) is 47.0 Å². The van der Waals surface area contributed by atoms with Crippen molar-refractivity contribution in [2.45, 2.75) is 64.7 Å². The normalized spacial score (nSPS) is 23.1. The van der Waals surface area contributed by atoms with Gasteiger partial charge in [-0.3, -0.25) is 9.69 Å². The summed E-state index contributed by atoms with van der Waals surface area (Å²) in [5.41, 5.74) is 5.65. The summed E-state index contributed by atoms with van der Waals surface area (Å²) in [5.74, 6) is 1.57. The molecule has 3 heterocycles. The van der Waals surface area contributed by atoms with Crippen molar-refractivity contribution in [3.05, 3.63) is 45.1 Å². The highest BCUT2D eigenvalue weighted by Gasteiger charge is 2.53. The molecule has 3 aliphatic rings. The van der Waals surface area contributed by atoms with Gasteiger partial charge >= 0.3 is 5.97 Å². The molecule has 1 fully saturated rings. The van der Waals surface area contributed by atoms with E-state index in [9.17, 15) is 15.2 Å². The van der Waals surface area contributed by atoms with Gasteiger partial charge in [0.05, 0.1) is 39.5 Å². The summed E-state index contributed by atoms with van der Waals surface area (Å²) in [6.07, 6.45) is 3.25. The highest BCUT2D eigenvalue weighted by molar-refractivity contribution is 5.80. The van der Waals surface area contributed by atoms with Gasteiger partial charge in [-0.25, -0.2) is 0 Å². The van der Waals surface area contributed by atoms with Gasteiger partial charge in [0.1, 0.15) is 11.8 Å². The Morgan fingerprint density at radius 1 is 1.10 bits per heavy atom. The highest BCUT2D eigenvalue weighted by atomic mass is 16.5. The molecule has 0 unspecified atom stereocenters. The molecule has 0 radical (unpaired) electrons. The minimum Gasteiger partial charge on any atom is -0.504 e. The van der Waals surface area contributed by atoms with Crippen LogP contribution in [0, 0.1) is 25.2 Å². The molecule has 2 aromatic carbocycles. The summed E-state index contributed by atoms with van der Waals surface area (Å²) in [6, 6.07) is 3.45. The second kappa shape index (κ2) is 9.69. The zero-order chi connectivity index (χ0) is 28.3. The number of nitrogens with zero attached hydrogens (tertiary/aromatic N) is 3. The van der Waals surface area contributed by atoms with Crippen LogP contribution in [0.25, 0.3) is 6.08 Å². The van der Waals surface area contributed by atoms with E-state index < -0.39 is 12.0 Å². The molecule has 1 saturated heterocycles. The largest absolute Gasteiger partial charge is 0.504 e. The van der Waals surface area contributed by atoms with E-state index in [2.05, 4.69) is 28.9 Å². The number of rotatable bonds is 5. The molecule has 0 saturated carbocycles.